The molecule has 22 nitrogen and oxygen atoms in total. The molecule has 1 unspecified atom stereocenters. The number of carbonyl (C=O) groups excluding carboxylic acids is 6. The van der Waals surface area contributed by atoms with Gasteiger partial charge in [0.25, 0.3) is 0 Å². The molecule has 75 heavy (non-hydrogen) atoms. The van der Waals surface area contributed by atoms with Gasteiger partial charge in [0.1, 0.15) is 6.61 Å². The molecule has 400 valence electrons. The van der Waals surface area contributed by atoms with E-state index in [1.54, 1.807) is 52.5 Å². The molecule has 5 aliphatic rings. The van der Waals surface area contributed by atoms with Crippen LogP contribution in [0.15, 0.2) is 48.8 Å². The Bertz CT molecular complexity index is 3180. The maximum atomic E-state index is 14.8. The molecule has 3 saturated carbocycles. The second-order valence-corrected chi connectivity index (χ2v) is 22.2. The Hall–Kier alpha value is -6.39. The zero-order valence-corrected chi connectivity index (χ0v) is 44.0. The number of nitrogens with two attached hydrogens (primary N) is 3. The Morgan fingerprint density at radius 2 is 1.27 bits per heavy atom. The number of aromatic nitrogens is 2. The molecule has 3 fully saturated rings. The summed E-state index contributed by atoms with van der Waals surface area (Å²) in [5, 5.41) is 4.16. The van der Waals surface area contributed by atoms with Crippen LogP contribution in [0.1, 0.15) is 71.8 Å². The molecular formula is C50H59Cl2N10O12P. The van der Waals surface area contributed by atoms with Gasteiger partial charge in [-0.05, 0) is 85.9 Å². The number of amides is 6. The van der Waals surface area contributed by atoms with Crippen LogP contribution >= 0.6 is 31.0 Å². The molecule has 2 aliphatic heterocycles. The predicted octanol–water partition coefficient (Wildman–Crippen LogP) is 5.50. The smallest absolute Gasteiger partial charge is 0.445 e. The van der Waals surface area contributed by atoms with Crippen molar-refractivity contribution in [3.05, 3.63) is 76.6 Å². The minimum Gasteiger partial charge on any atom is -0.445 e. The van der Waals surface area contributed by atoms with Crippen LogP contribution in [0.4, 0.5) is 26.7 Å². The topological polar surface area (TPSA) is 322 Å². The third kappa shape index (κ3) is 9.88. The fourth-order valence-corrected chi connectivity index (χ4v) is 12.1. The Balaban J connectivity index is 0.825. The van der Waals surface area contributed by atoms with Crippen LogP contribution in [0.3, 0.4) is 0 Å². The average molecular weight is 1090 g/mol. The van der Waals surface area contributed by atoms with Crippen molar-refractivity contribution >= 4 is 106 Å². The summed E-state index contributed by atoms with van der Waals surface area (Å²) < 4.78 is 28.7. The number of ether oxygens (including phenoxy) is 2. The number of alkyl halides is 2. The Morgan fingerprint density at radius 3 is 1.76 bits per heavy atom. The highest BCUT2D eigenvalue weighted by Crippen LogP contribution is 2.75. The lowest BCUT2D eigenvalue weighted by Crippen LogP contribution is -2.73. The Kier molecular flexibility index (Phi) is 14.5. The van der Waals surface area contributed by atoms with Gasteiger partial charge in [-0.1, -0.05) is 12.1 Å². The summed E-state index contributed by atoms with van der Waals surface area (Å²) in [6, 6.07) is 7.95. The average Bonchev–Trinajstić information content (AvgIpc) is 4.12. The van der Waals surface area contributed by atoms with Crippen molar-refractivity contribution in [2.24, 2.45) is 28.0 Å². The second-order valence-electron chi connectivity index (χ2n) is 20.4. The van der Waals surface area contributed by atoms with Crippen molar-refractivity contribution in [2.75, 3.05) is 67.2 Å². The first kappa shape index (κ1) is 53.4. The first-order chi connectivity index (χ1) is 35.5. The highest BCUT2D eigenvalue weighted by molar-refractivity contribution is 7.46. The lowest BCUT2D eigenvalue weighted by atomic mass is 9.34. The highest BCUT2D eigenvalue weighted by atomic mass is 35.5. The molecule has 5 aromatic rings. The summed E-state index contributed by atoms with van der Waals surface area (Å²) >= 11 is 13.1. The van der Waals surface area contributed by atoms with E-state index in [-0.39, 0.29) is 92.5 Å². The number of benzene rings is 3. The highest BCUT2D eigenvalue weighted by Gasteiger charge is 2.76. The van der Waals surface area contributed by atoms with E-state index >= 15 is 0 Å². The molecule has 3 aromatic carbocycles. The van der Waals surface area contributed by atoms with E-state index in [1.807, 2.05) is 13.8 Å². The summed E-state index contributed by atoms with van der Waals surface area (Å²) in [4.78, 5) is 112. The number of hydrogen-bond acceptors (Lipinski definition) is 12. The number of hydrogen-bond donors (Lipinski definition) is 8. The van der Waals surface area contributed by atoms with E-state index in [2.05, 4.69) is 15.3 Å². The zero-order chi connectivity index (χ0) is 54.1. The number of primary amides is 1. The summed E-state index contributed by atoms with van der Waals surface area (Å²) in [7, 11) is -1.91. The largest absolute Gasteiger partial charge is 0.524 e. The van der Waals surface area contributed by atoms with Gasteiger partial charge in [-0.25, -0.2) is 14.2 Å². The molecule has 0 radical (unpaired) electrons. The third-order valence-electron chi connectivity index (χ3n) is 15.2. The number of nitrogens with one attached hydrogen (secondary N) is 3. The van der Waals surface area contributed by atoms with Gasteiger partial charge < -0.3 is 66.1 Å². The van der Waals surface area contributed by atoms with Crippen LogP contribution in [-0.4, -0.2) is 129 Å². The number of phosphoric ester groups is 1. The summed E-state index contributed by atoms with van der Waals surface area (Å²) in [6.07, 6.45) is 3.37. The molecule has 11 N–H and O–H groups in total. The van der Waals surface area contributed by atoms with Crippen LogP contribution < -0.4 is 41.6 Å². The molecule has 2 bridgehead atoms. The molecular weight excluding hydrogens is 1030 g/mol. The van der Waals surface area contributed by atoms with E-state index in [9.17, 15) is 43.1 Å². The molecule has 6 amide bonds. The number of phosphoric acid groups is 1. The number of H-pyrrole nitrogens is 2. The lowest BCUT2D eigenvalue weighted by Gasteiger charge is -2.69. The maximum absolute atomic E-state index is 14.8. The number of aryl methyl sites for hydroxylation is 2. The number of halogens is 2. The molecule has 2 aromatic heterocycles. The first-order valence-corrected chi connectivity index (χ1v) is 26.9. The van der Waals surface area contributed by atoms with E-state index in [1.165, 1.54) is 30.0 Å². The van der Waals surface area contributed by atoms with Crippen molar-refractivity contribution in [3.8, 4) is 11.5 Å². The molecule has 0 spiro atoms. The fraction of sp³-hybridized carbons (Fsp3) is 0.440. The first-order valence-electron chi connectivity index (χ1n) is 24.3. The molecule has 3 aliphatic carbocycles. The van der Waals surface area contributed by atoms with Crippen molar-refractivity contribution < 1.29 is 57.1 Å². The van der Waals surface area contributed by atoms with Gasteiger partial charge in [-0.15, -0.1) is 23.2 Å². The van der Waals surface area contributed by atoms with Gasteiger partial charge >= 0.3 is 20.0 Å². The predicted molar refractivity (Wildman–Crippen MR) is 280 cm³/mol. The van der Waals surface area contributed by atoms with Crippen molar-refractivity contribution in [1.29, 1.82) is 0 Å². The van der Waals surface area contributed by atoms with E-state index in [0.29, 0.717) is 58.3 Å². The summed E-state index contributed by atoms with van der Waals surface area (Å²) in [6.45, 7) is 4.39. The SMILES string of the molecule is Cc1c[nH]c2c(OC(=O)N(C)CCN(C)C(=O)OCc3ccc(NC(=O)[C@@H](N)CCC(N)C(N)=O)cc3)cc3c(c12)[C@H](CCl)CN3C(=O)C12CC(C(=O)N3C[C@@H](CCl)c4c3cc(OP(=O)(O)O)c3[nH]cc(C)c43)(C1)C2. The van der Waals surface area contributed by atoms with E-state index < -0.39 is 54.7 Å². The molecule has 4 heterocycles. The summed E-state index contributed by atoms with van der Waals surface area (Å²) in [5.74, 6) is -1.50. The fourth-order valence-electron chi connectivity index (χ4n) is 11.2. The Morgan fingerprint density at radius 1 is 0.787 bits per heavy atom. The Labute approximate surface area is 440 Å². The minimum absolute atomic E-state index is 0.0723. The molecule has 0 saturated heterocycles. The third-order valence-corrected chi connectivity index (χ3v) is 16.3. The number of anilines is 3. The molecule has 10 rings (SSSR count). The number of aromatic amines is 2. The van der Waals surface area contributed by atoms with Gasteiger partial charge in [0.05, 0.1) is 45.3 Å². The normalized spacial score (nSPS) is 21.1. The van der Waals surface area contributed by atoms with E-state index in [0.717, 1.165) is 27.6 Å². The van der Waals surface area contributed by atoms with E-state index in [4.69, 9.17) is 54.4 Å². The van der Waals surface area contributed by atoms with Crippen molar-refractivity contribution in [2.45, 2.75) is 76.5 Å². The maximum Gasteiger partial charge on any atom is 0.524 e. The summed E-state index contributed by atoms with van der Waals surface area (Å²) in [5.41, 5.74) is 21.4. The molecule has 4 atom stereocenters. The quantitative estimate of drug-likeness (QED) is 0.0397. The number of carbonyl (C=O) groups is 6. The van der Waals surface area contributed by atoms with Crippen LogP contribution in [0, 0.1) is 24.7 Å². The second kappa shape index (κ2) is 20.3. The zero-order valence-electron chi connectivity index (χ0n) is 41.6. The van der Waals surface area contributed by atoms with Gasteiger partial charge in [0.15, 0.2) is 11.5 Å². The monoisotopic (exact) mass is 1090 g/mol. The van der Waals surface area contributed by atoms with Crippen LogP contribution in [0.25, 0.3) is 21.8 Å². The number of fused-ring (bicyclic) bond motifs is 6. The van der Waals surface area contributed by atoms with Gasteiger partial charge in [-0.2, -0.15) is 0 Å². The van der Waals surface area contributed by atoms with Crippen molar-refractivity contribution in [3.63, 3.8) is 0 Å². The van der Waals surface area contributed by atoms with Gasteiger partial charge in [0.2, 0.25) is 23.6 Å². The van der Waals surface area contributed by atoms with Crippen molar-refractivity contribution in [1.82, 2.24) is 19.8 Å². The van der Waals surface area contributed by atoms with Gasteiger partial charge in [0, 0.05) is 105 Å². The van der Waals surface area contributed by atoms with Crippen LogP contribution in [-0.2, 0) is 35.1 Å². The van der Waals surface area contributed by atoms with Gasteiger partial charge in [-0.3, -0.25) is 29.0 Å². The number of nitrogens with zero attached hydrogens (tertiary/aromatic N) is 4. The lowest BCUT2D eigenvalue weighted by molar-refractivity contribution is -0.205. The minimum atomic E-state index is -4.97. The number of likely N-dealkylation sites (N-methyl/N-ethyl adjacent to an activating group) is 2. The number of rotatable bonds is 18. The molecule has 25 heteroatoms. The van der Waals surface area contributed by atoms with Crippen LogP contribution in [0.5, 0.6) is 11.5 Å². The van der Waals surface area contributed by atoms with Crippen LogP contribution in [0.2, 0.25) is 0 Å². The standard InChI is InChI=1S/C50H59Cl2N10O12P/c1-25-17-56-41-35(73-48(68)60(4)12-11-59(3)47(67)72-21-27-5-7-30(8-6-27)58-44(64)32(54)10-9-31(53)43(55)63)13-33-39(37(25)41)28(15-51)19-61(33)45(65)49-22-50(23-49,24-49)46(66)62-20-29(16-52)40-34(62)14-36(74-75(69,70)71)42-38(40)26(2)18-57-42/h5-8,13-14,17-18,28-29,31-32,56-57H,9-12,15-16,19-24,53-54H2,1-4H3,(H2,55,63)(H,58,64)(H2,69,70,71)/t28-,29-,31?,32+,49?,50?/m1/s1.